The van der Waals surface area contributed by atoms with Gasteiger partial charge in [-0.3, -0.25) is 19.2 Å². The molecule has 0 aromatic carbocycles. The van der Waals surface area contributed by atoms with Crippen LogP contribution >= 0.6 is 47.0 Å². The van der Waals surface area contributed by atoms with Crippen LogP contribution in [0, 0.1) is 5.41 Å². The minimum atomic E-state index is -1.26. The molecule has 0 saturated heterocycles. The first-order chi connectivity index (χ1) is 31.4. The van der Waals surface area contributed by atoms with Crippen molar-refractivity contribution < 1.29 is 38.1 Å². The van der Waals surface area contributed by atoms with E-state index in [0.717, 1.165) is 48.7 Å². The maximum Gasteiger partial charge on any atom is 0.306 e. The van der Waals surface area contributed by atoms with E-state index in [0.29, 0.717) is 0 Å². The summed E-state index contributed by atoms with van der Waals surface area (Å²) in [6.07, 6.45) is 30.3. The van der Waals surface area contributed by atoms with Crippen LogP contribution in [-0.4, -0.2) is 94.3 Å². The molecule has 65 heavy (non-hydrogen) atoms. The molecule has 0 aliphatic heterocycles. The molecule has 0 aromatic rings. The molecule has 0 saturated carbocycles. The summed E-state index contributed by atoms with van der Waals surface area (Å²) in [6, 6.07) is 0. The van der Waals surface area contributed by atoms with Gasteiger partial charge in [0.2, 0.25) is 0 Å². The third-order valence-corrected chi connectivity index (χ3v) is 16.6. The Hall–Kier alpha value is -0.720. The average molecular weight is 994 g/mol. The first kappa shape index (κ1) is 64.3. The van der Waals surface area contributed by atoms with Gasteiger partial charge < -0.3 is 18.9 Å². The Labute approximate surface area is 417 Å². The highest BCUT2D eigenvalue weighted by atomic mass is 32.2. The normalized spacial score (nSPS) is 14.3. The molecule has 0 spiro atoms. The van der Waals surface area contributed by atoms with Gasteiger partial charge in [0, 0.05) is 21.0 Å². The average Bonchev–Trinajstić information content (AvgIpc) is 3.27. The molecule has 0 bridgehead atoms. The van der Waals surface area contributed by atoms with Gasteiger partial charge in [-0.25, -0.2) is 0 Å². The Balaban J connectivity index is 5.87. The number of thioether (sulfide) groups is 4. The zero-order valence-electron chi connectivity index (χ0n) is 43.2. The monoisotopic (exact) mass is 993 g/mol. The van der Waals surface area contributed by atoms with Gasteiger partial charge in [0.25, 0.3) is 0 Å². The third-order valence-electron chi connectivity index (χ3n) is 11.6. The number of carbonyl (C=O) groups excluding carboxylic acids is 4. The lowest BCUT2D eigenvalue weighted by atomic mass is 9.92. The van der Waals surface area contributed by atoms with Crippen molar-refractivity contribution in [1.29, 1.82) is 0 Å². The van der Waals surface area contributed by atoms with Crippen molar-refractivity contribution in [2.24, 2.45) is 5.41 Å². The van der Waals surface area contributed by atoms with Gasteiger partial charge in [-0.05, 0) is 48.7 Å². The van der Waals surface area contributed by atoms with Gasteiger partial charge in [0.1, 0.15) is 31.8 Å². The molecule has 0 aliphatic rings. The van der Waals surface area contributed by atoms with Crippen molar-refractivity contribution in [1.82, 2.24) is 0 Å². The van der Waals surface area contributed by atoms with Crippen LogP contribution in [0.2, 0.25) is 0 Å². The van der Waals surface area contributed by atoms with Gasteiger partial charge in [-0.2, -0.15) is 47.0 Å². The van der Waals surface area contributed by atoms with Crippen LogP contribution in [0.25, 0.3) is 0 Å². The molecule has 0 aliphatic carbocycles. The highest BCUT2D eigenvalue weighted by Gasteiger charge is 2.38. The van der Waals surface area contributed by atoms with Crippen LogP contribution in [0.1, 0.15) is 235 Å². The Morgan fingerprint density at radius 3 is 0.708 bits per heavy atom. The molecule has 8 nitrogen and oxygen atoms in total. The van der Waals surface area contributed by atoms with Crippen molar-refractivity contribution in [3.63, 3.8) is 0 Å². The molecule has 0 aromatic heterocycles. The Kier molecular flexibility index (Phi) is 45.2. The molecule has 0 rings (SSSR count). The fourth-order valence-corrected chi connectivity index (χ4v) is 11.4. The first-order valence-corrected chi connectivity index (χ1v) is 30.7. The minimum Gasteiger partial charge on any atom is -0.465 e. The maximum atomic E-state index is 13.4. The van der Waals surface area contributed by atoms with Gasteiger partial charge in [0.05, 0.1) is 25.7 Å². The van der Waals surface area contributed by atoms with E-state index in [2.05, 4.69) is 27.7 Å². The summed E-state index contributed by atoms with van der Waals surface area (Å²) in [5, 5.41) is 0.285. The van der Waals surface area contributed by atoms with E-state index in [1.165, 1.54) is 128 Å². The van der Waals surface area contributed by atoms with Crippen LogP contribution in [0.4, 0.5) is 0 Å². The summed E-state index contributed by atoms with van der Waals surface area (Å²) < 4.78 is 23.8. The molecule has 12 heteroatoms. The number of carbonyl (C=O) groups is 4. The van der Waals surface area contributed by atoms with Crippen LogP contribution in [0.3, 0.4) is 0 Å². The summed E-state index contributed by atoms with van der Waals surface area (Å²) in [7, 11) is 0. The maximum absolute atomic E-state index is 13.4. The molecule has 4 unspecified atom stereocenters. The summed E-state index contributed by atoms with van der Waals surface area (Å²) >= 11 is 7.12. The largest absolute Gasteiger partial charge is 0.465 e. The quantitative estimate of drug-likeness (QED) is 0.0329. The van der Waals surface area contributed by atoms with Gasteiger partial charge in [-0.15, -0.1) is 0 Å². The molecule has 0 fully saturated rings. The predicted molar refractivity (Wildman–Crippen MR) is 286 cm³/mol. The van der Waals surface area contributed by atoms with E-state index < -0.39 is 5.41 Å². The Morgan fingerprint density at radius 1 is 0.323 bits per heavy atom. The Bertz CT molecular complexity index is 970. The standard InChI is InChI=1S/C53H100O8S4/c1-9-13-17-21-25-29-33-62-45(5)37-49(54)58-41-53(42-59-50(55)38-46(6)63-34-30-26-22-18-14-10-2,43-60-51(56)39-47(7)64-35-31-27-23-19-15-11-3)44-61-52(57)40-48(8)65-36-32-28-24-20-16-12-4/h45-48H,9-44H2,1-8H3. The summed E-state index contributed by atoms with van der Waals surface area (Å²) in [6.45, 7) is 16.3. The van der Waals surface area contributed by atoms with E-state index in [9.17, 15) is 19.2 Å². The number of hydrogen-bond acceptors (Lipinski definition) is 12. The van der Waals surface area contributed by atoms with Gasteiger partial charge in [-0.1, -0.05) is 184 Å². The molecule has 0 amide bonds. The highest BCUT2D eigenvalue weighted by Crippen LogP contribution is 2.27. The van der Waals surface area contributed by atoms with Crippen LogP contribution < -0.4 is 0 Å². The SMILES string of the molecule is CCCCCCCCSC(C)CC(=O)OCC(COC(=O)CC(C)SCCCCCCCC)(COC(=O)CC(C)SCCCCCCCC)COC(=O)CC(C)SCCCCCCCC. The van der Waals surface area contributed by atoms with Gasteiger partial charge >= 0.3 is 23.9 Å². The van der Waals surface area contributed by atoms with Crippen LogP contribution in [0.5, 0.6) is 0 Å². The molecule has 4 atom stereocenters. The number of unbranched alkanes of at least 4 members (excludes halogenated alkanes) is 20. The van der Waals surface area contributed by atoms with Gasteiger partial charge in [0.15, 0.2) is 0 Å². The van der Waals surface area contributed by atoms with Crippen molar-refractivity contribution in [2.75, 3.05) is 49.4 Å². The predicted octanol–water partition coefficient (Wildman–Crippen LogP) is 15.6. The fourth-order valence-electron chi connectivity index (χ4n) is 7.26. The van der Waals surface area contributed by atoms with E-state index in [4.69, 9.17) is 18.9 Å². The van der Waals surface area contributed by atoms with Crippen molar-refractivity contribution in [3.8, 4) is 0 Å². The van der Waals surface area contributed by atoms with E-state index in [1.807, 2.05) is 27.7 Å². The topological polar surface area (TPSA) is 105 Å². The zero-order valence-corrected chi connectivity index (χ0v) is 46.4. The lowest BCUT2D eigenvalue weighted by Crippen LogP contribution is -2.44. The first-order valence-electron chi connectivity index (χ1n) is 26.5. The van der Waals surface area contributed by atoms with Crippen molar-refractivity contribution in [3.05, 3.63) is 0 Å². The van der Waals surface area contributed by atoms with Crippen LogP contribution in [-0.2, 0) is 38.1 Å². The van der Waals surface area contributed by atoms with Crippen molar-refractivity contribution >= 4 is 70.9 Å². The molecular weight excluding hydrogens is 893 g/mol. The molecule has 0 N–H and O–H groups in total. The second-order valence-electron chi connectivity index (χ2n) is 18.8. The van der Waals surface area contributed by atoms with Crippen molar-refractivity contribution in [2.45, 2.75) is 256 Å². The van der Waals surface area contributed by atoms with E-state index in [1.54, 1.807) is 47.0 Å². The second kappa shape index (κ2) is 45.7. The lowest BCUT2D eigenvalue weighted by molar-refractivity contribution is -0.170. The third kappa shape index (κ3) is 41.9. The zero-order chi connectivity index (χ0) is 48.2. The number of hydrogen-bond donors (Lipinski definition) is 0. The highest BCUT2D eigenvalue weighted by molar-refractivity contribution is 8.00. The molecule has 0 radical (unpaired) electrons. The van der Waals surface area contributed by atoms with E-state index >= 15 is 0 Å². The molecule has 384 valence electrons. The smallest absolute Gasteiger partial charge is 0.306 e. The Morgan fingerprint density at radius 2 is 0.508 bits per heavy atom. The fraction of sp³-hybridized carbons (Fsp3) is 0.925. The number of ether oxygens (including phenoxy) is 4. The number of esters is 4. The van der Waals surface area contributed by atoms with E-state index in [-0.39, 0.29) is 97.0 Å². The molecular formula is C53H100O8S4. The summed E-state index contributed by atoms with van der Waals surface area (Å²) in [5.74, 6) is 2.48. The summed E-state index contributed by atoms with van der Waals surface area (Å²) in [5.41, 5.74) is -1.26. The van der Waals surface area contributed by atoms with Crippen LogP contribution in [0.15, 0.2) is 0 Å². The minimum absolute atomic E-state index is 0.0713. The molecule has 0 heterocycles. The lowest BCUT2D eigenvalue weighted by Gasteiger charge is -2.32. The summed E-state index contributed by atoms with van der Waals surface area (Å²) in [4.78, 5) is 53.5. The number of rotatable bonds is 48. The second-order valence-corrected chi connectivity index (χ2v) is 24.9.